The monoisotopic (exact) mass is 473 g/mol. The maximum Gasteiger partial charge on any atom is 0.282 e. The van der Waals surface area contributed by atoms with Gasteiger partial charge in [-0.3, -0.25) is 29.9 Å². The number of halogens is 2. The van der Waals surface area contributed by atoms with Gasteiger partial charge in [-0.1, -0.05) is 44.0 Å². The number of hydrogen-bond acceptors (Lipinski definition) is 5. The first-order chi connectivity index (χ1) is 11.8. The number of fused-ring (bicyclic) bond motifs is 1. The summed E-state index contributed by atoms with van der Waals surface area (Å²) in [6.45, 7) is 0. The number of para-hydroxylation sites is 1. The van der Waals surface area contributed by atoms with E-state index in [-0.39, 0.29) is 15.2 Å². The molecule has 8 nitrogen and oxygen atoms in total. The van der Waals surface area contributed by atoms with E-state index in [9.17, 15) is 24.5 Å². The van der Waals surface area contributed by atoms with Gasteiger partial charge >= 0.3 is 0 Å². The van der Waals surface area contributed by atoms with Gasteiger partial charge < -0.3 is 0 Å². The molecule has 0 unspecified atom stereocenters. The maximum absolute atomic E-state index is 12.5. The van der Waals surface area contributed by atoms with Gasteiger partial charge in [-0.15, -0.1) is 0 Å². The third-order valence-corrected chi connectivity index (χ3v) is 7.20. The lowest BCUT2D eigenvalue weighted by Crippen LogP contribution is -2.46. The van der Waals surface area contributed by atoms with Crippen molar-refractivity contribution in [3.8, 4) is 0 Å². The highest BCUT2D eigenvalue weighted by atomic mass is 79.9. The van der Waals surface area contributed by atoms with Crippen molar-refractivity contribution >= 4 is 55.3 Å². The van der Waals surface area contributed by atoms with E-state index in [1.54, 1.807) is 0 Å². The van der Waals surface area contributed by atoms with Gasteiger partial charge in [0.1, 0.15) is 5.56 Å². The summed E-state index contributed by atoms with van der Waals surface area (Å²) < 4.78 is 0. The summed E-state index contributed by atoms with van der Waals surface area (Å²) in [6.07, 6.45) is 0.950. The van der Waals surface area contributed by atoms with Crippen LogP contribution in [0.2, 0.25) is 0 Å². The molecule has 1 heterocycles. The lowest BCUT2D eigenvalue weighted by Gasteiger charge is -2.29. The fraction of sp³-hybridized carbons (Fsp3) is 0.400. The van der Waals surface area contributed by atoms with Crippen LogP contribution in [-0.2, 0) is 9.59 Å². The number of nitrogens with one attached hydrogen (secondary N) is 1. The quantitative estimate of drug-likeness (QED) is 0.312. The summed E-state index contributed by atoms with van der Waals surface area (Å²) >= 11 is 6.96. The van der Waals surface area contributed by atoms with E-state index in [2.05, 4.69) is 37.3 Å². The number of benzene rings is 1. The van der Waals surface area contributed by atoms with E-state index in [1.807, 2.05) is 0 Å². The molecule has 0 spiro atoms. The zero-order chi connectivity index (χ0) is 18.3. The Hall–Kier alpha value is -1.81. The lowest BCUT2D eigenvalue weighted by molar-refractivity contribution is -0.385. The van der Waals surface area contributed by atoms with Crippen molar-refractivity contribution in [2.75, 3.05) is 0 Å². The zero-order valence-electron chi connectivity index (χ0n) is 12.7. The van der Waals surface area contributed by atoms with Crippen LogP contribution >= 0.6 is 31.9 Å². The summed E-state index contributed by atoms with van der Waals surface area (Å²) in [7, 11) is 0. The third-order valence-electron chi connectivity index (χ3n) is 4.47. The number of alkyl halides is 2. The van der Waals surface area contributed by atoms with Crippen molar-refractivity contribution < 1.29 is 19.3 Å². The third kappa shape index (κ3) is 3.20. The summed E-state index contributed by atoms with van der Waals surface area (Å²) in [5, 5.41) is 11.7. The van der Waals surface area contributed by atoms with E-state index < -0.39 is 40.2 Å². The second kappa shape index (κ2) is 6.83. The van der Waals surface area contributed by atoms with E-state index in [4.69, 9.17) is 0 Å². The Morgan fingerprint density at radius 1 is 1.12 bits per heavy atom. The van der Waals surface area contributed by atoms with Gasteiger partial charge in [0.25, 0.3) is 23.4 Å². The first kappa shape index (κ1) is 18.0. The molecule has 132 valence electrons. The van der Waals surface area contributed by atoms with Crippen molar-refractivity contribution in [1.82, 2.24) is 10.4 Å². The average Bonchev–Trinajstić information content (AvgIpc) is 2.80. The number of carbonyl (C=O) groups excluding carboxylic acids is 3. The van der Waals surface area contributed by atoms with Gasteiger partial charge in [0.05, 0.1) is 16.8 Å². The Bertz CT molecular complexity index is 743. The van der Waals surface area contributed by atoms with Crippen molar-refractivity contribution in [2.24, 2.45) is 11.8 Å². The molecule has 1 aliphatic heterocycles. The molecule has 25 heavy (non-hydrogen) atoms. The maximum atomic E-state index is 12.5. The Morgan fingerprint density at radius 2 is 1.64 bits per heavy atom. The van der Waals surface area contributed by atoms with Crippen LogP contribution in [0.25, 0.3) is 0 Å². The number of hydrazine groups is 1. The van der Waals surface area contributed by atoms with Crippen LogP contribution in [-0.4, -0.2) is 37.3 Å². The van der Waals surface area contributed by atoms with E-state index in [0.29, 0.717) is 17.9 Å². The van der Waals surface area contributed by atoms with Crippen LogP contribution in [0.3, 0.4) is 0 Å². The standard InChI is InChI=1S/C15H13Br2N3O5/c16-10-5-8-9(6-11(10)17)15(23)19(14(8)22)18-13(21)7-3-1-2-4-12(7)20(24)25/h1-4,8-11H,5-6H2,(H,18,21)/t8-,9+,10-,11-/m0/s1. The van der Waals surface area contributed by atoms with E-state index in [0.717, 1.165) is 0 Å². The topological polar surface area (TPSA) is 110 Å². The number of hydrogen-bond donors (Lipinski definition) is 1. The number of rotatable bonds is 3. The van der Waals surface area contributed by atoms with Gasteiger partial charge in [0.2, 0.25) is 0 Å². The first-order valence-corrected chi connectivity index (χ1v) is 9.34. The molecule has 1 saturated heterocycles. The summed E-state index contributed by atoms with van der Waals surface area (Å²) in [5.41, 5.74) is 1.64. The van der Waals surface area contributed by atoms with Crippen molar-refractivity contribution in [3.63, 3.8) is 0 Å². The van der Waals surface area contributed by atoms with Gasteiger partial charge in [0, 0.05) is 15.7 Å². The second-order valence-electron chi connectivity index (χ2n) is 5.94. The average molecular weight is 475 g/mol. The van der Waals surface area contributed by atoms with Gasteiger partial charge in [-0.25, -0.2) is 0 Å². The number of amides is 3. The fourth-order valence-electron chi connectivity index (χ4n) is 3.19. The van der Waals surface area contributed by atoms with Crippen LogP contribution in [0.4, 0.5) is 5.69 Å². The molecule has 3 amide bonds. The number of nitrogens with zero attached hydrogens (tertiary/aromatic N) is 2. The zero-order valence-corrected chi connectivity index (χ0v) is 15.9. The minimum absolute atomic E-state index is 0.0522. The Labute approximate surface area is 159 Å². The summed E-state index contributed by atoms with van der Waals surface area (Å²) in [6, 6.07) is 5.36. The molecule has 0 aromatic heterocycles. The van der Waals surface area contributed by atoms with Crippen LogP contribution in [0.15, 0.2) is 24.3 Å². The second-order valence-corrected chi connectivity index (χ2v) is 8.30. The van der Waals surface area contributed by atoms with E-state index in [1.165, 1.54) is 24.3 Å². The molecule has 1 aromatic carbocycles. The normalized spacial score (nSPS) is 28.6. The van der Waals surface area contributed by atoms with Crippen molar-refractivity contribution in [3.05, 3.63) is 39.9 Å². The molecule has 3 rings (SSSR count). The Kier molecular flexibility index (Phi) is 4.92. The number of imide groups is 1. The molecule has 1 saturated carbocycles. The first-order valence-electron chi connectivity index (χ1n) is 7.51. The minimum Gasteiger partial charge on any atom is -0.272 e. The molecule has 1 N–H and O–H groups in total. The van der Waals surface area contributed by atoms with Gasteiger partial charge in [0.15, 0.2) is 0 Å². The van der Waals surface area contributed by atoms with Gasteiger partial charge in [-0.05, 0) is 18.9 Å². The number of nitro benzene ring substituents is 1. The molecule has 2 fully saturated rings. The molecule has 0 bridgehead atoms. The molecule has 1 aliphatic carbocycles. The Morgan fingerprint density at radius 3 is 2.16 bits per heavy atom. The molecular weight excluding hydrogens is 462 g/mol. The van der Waals surface area contributed by atoms with Crippen molar-refractivity contribution in [1.29, 1.82) is 0 Å². The molecule has 0 radical (unpaired) electrons. The largest absolute Gasteiger partial charge is 0.282 e. The van der Waals surface area contributed by atoms with Crippen LogP contribution in [0.5, 0.6) is 0 Å². The molecule has 2 aliphatic rings. The minimum atomic E-state index is -0.863. The Balaban J connectivity index is 1.82. The summed E-state index contributed by atoms with van der Waals surface area (Å²) in [5.74, 6) is -2.83. The highest BCUT2D eigenvalue weighted by Crippen LogP contribution is 2.42. The predicted molar refractivity (Wildman–Crippen MR) is 94.1 cm³/mol. The predicted octanol–water partition coefficient (Wildman–Crippen LogP) is 2.16. The molecule has 4 atom stereocenters. The molecular formula is C15H13Br2N3O5. The van der Waals surface area contributed by atoms with Gasteiger partial charge in [-0.2, -0.15) is 5.01 Å². The number of nitro groups is 1. The van der Waals surface area contributed by atoms with Crippen LogP contribution in [0, 0.1) is 22.0 Å². The van der Waals surface area contributed by atoms with Crippen molar-refractivity contribution in [2.45, 2.75) is 22.5 Å². The molecule has 10 heteroatoms. The highest BCUT2D eigenvalue weighted by Gasteiger charge is 2.52. The molecule has 1 aromatic rings. The van der Waals surface area contributed by atoms with E-state index >= 15 is 0 Å². The van der Waals surface area contributed by atoms with Crippen LogP contribution < -0.4 is 5.43 Å². The highest BCUT2D eigenvalue weighted by molar-refractivity contribution is 9.12. The number of carbonyl (C=O) groups is 3. The van der Waals surface area contributed by atoms with Crippen LogP contribution in [0.1, 0.15) is 23.2 Å². The smallest absolute Gasteiger partial charge is 0.272 e. The lowest BCUT2D eigenvalue weighted by atomic mass is 9.81. The summed E-state index contributed by atoms with van der Waals surface area (Å²) in [4.78, 5) is 47.8. The fourth-order valence-corrected chi connectivity index (χ4v) is 4.43. The SMILES string of the molecule is O=C(NN1C(=O)[C@H]2C[C@H](Br)[C@@H](Br)C[C@H]2C1=O)c1ccccc1[N+](=O)[O-].